The summed E-state index contributed by atoms with van der Waals surface area (Å²) in [5.74, 6) is 0.368. The fraction of sp³-hybridized carbons (Fsp3) is 0.533. The topological polar surface area (TPSA) is 40.5 Å². The maximum absolute atomic E-state index is 12.3. The number of hydrogen-bond acceptors (Lipinski definition) is 2. The number of benzene rings is 1. The summed E-state index contributed by atoms with van der Waals surface area (Å²) in [6.07, 6.45) is 2.93. The van der Waals surface area contributed by atoms with Crippen LogP contribution in [0.3, 0.4) is 0 Å². The lowest BCUT2D eigenvalue weighted by molar-refractivity contribution is -0.134. The number of rotatable bonds is 5. The van der Waals surface area contributed by atoms with E-state index in [1.807, 2.05) is 35.2 Å². The maximum atomic E-state index is 12.3. The van der Waals surface area contributed by atoms with Gasteiger partial charge < -0.3 is 10.0 Å². The average molecular weight is 247 g/mol. The van der Waals surface area contributed by atoms with Crippen molar-refractivity contribution in [1.29, 1.82) is 0 Å². The zero-order chi connectivity index (χ0) is 13.0. The van der Waals surface area contributed by atoms with Gasteiger partial charge in [-0.3, -0.25) is 4.79 Å². The van der Waals surface area contributed by atoms with Gasteiger partial charge in [0, 0.05) is 12.5 Å². The van der Waals surface area contributed by atoms with Gasteiger partial charge in [-0.05, 0) is 18.4 Å². The summed E-state index contributed by atoms with van der Waals surface area (Å²) in [7, 11) is 0. The normalized spacial score (nSPS) is 21.3. The van der Waals surface area contributed by atoms with Crippen molar-refractivity contribution in [3.05, 3.63) is 35.9 Å². The van der Waals surface area contributed by atoms with Gasteiger partial charge in [0.2, 0.25) is 5.91 Å². The summed E-state index contributed by atoms with van der Waals surface area (Å²) in [6, 6.07) is 9.61. The molecule has 1 aliphatic heterocycles. The number of nitrogens with zero attached hydrogens (tertiary/aromatic N) is 1. The third-order valence-electron chi connectivity index (χ3n) is 3.72. The monoisotopic (exact) mass is 247 g/mol. The lowest BCUT2D eigenvalue weighted by Gasteiger charge is -2.27. The molecule has 1 aromatic rings. The number of amides is 1. The third kappa shape index (κ3) is 2.56. The summed E-state index contributed by atoms with van der Waals surface area (Å²) in [4.78, 5) is 14.1. The van der Waals surface area contributed by atoms with Gasteiger partial charge in [-0.25, -0.2) is 0 Å². The average Bonchev–Trinajstić information content (AvgIpc) is 2.75. The highest BCUT2D eigenvalue weighted by Crippen LogP contribution is 2.30. The molecule has 1 fully saturated rings. The summed E-state index contributed by atoms with van der Waals surface area (Å²) in [5.41, 5.74) is 1.02. The summed E-state index contributed by atoms with van der Waals surface area (Å²) in [5, 5.41) is 9.58. The maximum Gasteiger partial charge on any atom is 0.226 e. The molecule has 1 saturated heterocycles. The third-order valence-corrected chi connectivity index (χ3v) is 3.72. The van der Waals surface area contributed by atoms with Crippen LogP contribution in [0.15, 0.2) is 30.3 Å². The van der Waals surface area contributed by atoms with Crippen molar-refractivity contribution in [2.45, 2.75) is 32.2 Å². The molecule has 0 radical (unpaired) electrons. The SMILES string of the molecule is CCCC1CCN([C@@H](CO)c2ccccc2)C1=O. The van der Waals surface area contributed by atoms with E-state index in [4.69, 9.17) is 0 Å². The van der Waals surface area contributed by atoms with Gasteiger partial charge in [0.1, 0.15) is 0 Å². The fourth-order valence-corrected chi connectivity index (χ4v) is 2.75. The Bertz CT molecular complexity index is 391. The van der Waals surface area contributed by atoms with Gasteiger partial charge in [0.15, 0.2) is 0 Å². The van der Waals surface area contributed by atoms with Crippen molar-refractivity contribution in [3.8, 4) is 0 Å². The predicted molar refractivity (Wildman–Crippen MR) is 71.0 cm³/mol. The predicted octanol–water partition coefficient (Wildman–Crippen LogP) is 2.37. The summed E-state index contributed by atoms with van der Waals surface area (Å²) in [6.45, 7) is 2.87. The minimum atomic E-state index is -0.180. The molecule has 2 atom stereocenters. The van der Waals surface area contributed by atoms with E-state index in [-0.39, 0.29) is 24.5 Å². The molecule has 1 aromatic carbocycles. The molecule has 1 amide bonds. The number of carbonyl (C=O) groups excluding carboxylic acids is 1. The molecule has 0 bridgehead atoms. The van der Waals surface area contributed by atoms with Gasteiger partial charge in [-0.15, -0.1) is 0 Å². The van der Waals surface area contributed by atoms with Crippen molar-refractivity contribution in [1.82, 2.24) is 4.90 Å². The zero-order valence-electron chi connectivity index (χ0n) is 10.9. The largest absolute Gasteiger partial charge is 0.394 e. The van der Waals surface area contributed by atoms with E-state index in [1.54, 1.807) is 0 Å². The van der Waals surface area contributed by atoms with E-state index >= 15 is 0 Å². The fourth-order valence-electron chi connectivity index (χ4n) is 2.75. The minimum absolute atomic E-state index is 0.00536. The van der Waals surface area contributed by atoms with Crippen molar-refractivity contribution in [2.24, 2.45) is 5.92 Å². The highest BCUT2D eigenvalue weighted by atomic mass is 16.3. The molecular formula is C15H21NO2. The van der Waals surface area contributed by atoms with Gasteiger partial charge in [0.25, 0.3) is 0 Å². The molecule has 0 aromatic heterocycles. The van der Waals surface area contributed by atoms with Gasteiger partial charge in [-0.2, -0.15) is 0 Å². The quantitative estimate of drug-likeness (QED) is 0.867. The van der Waals surface area contributed by atoms with Crippen LogP contribution in [0.2, 0.25) is 0 Å². The van der Waals surface area contributed by atoms with Crippen molar-refractivity contribution < 1.29 is 9.90 Å². The lowest BCUT2D eigenvalue weighted by atomic mass is 10.0. The standard InChI is InChI=1S/C15H21NO2/c1-2-6-13-9-10-16(15(13)18)14(11-17)12-7-4-3-5-8-12/h3-5,7-8,13-14,17H,2,6,9-11H2,1H3/t13?,14-/m0/s1. The molecule has 3 heteroatoms. The molecule has 1 N–H and O–H groups in total. The Morgan fingerprint density at radius 3 is 2.72 bits per heavy atom. The van der Waals surface area contributed by atoms with E-state index in [0.29, 0.717) is 0 Å². The molecule has 1 unspecified atom stereocenters. The van der Waals surface area contributed by atoms with Crippen molar-refractivity contribution >= 4 is 5.91 Å². The highest BCUT2D eigenvalue weighted by molar-refractivity contribution is 5.81. The molecule has 0 spiro atoms. The molecule has 0 aliphatic carbocycles. The first-order chi connectivity index (χ1) is 8.77. The van der Waals surface area contributed by atoms with E-state index < -0.39 is 0 Å². The Morgan fingerprint density at radius 2 is 2.11 bits per heavy atom. The molecule has 2 rings (SSSR count). The smallest absolute Gasteiger partial charge is 0.226 e. The Morgan fingerprint density at radius 1 is 1.39 bits per heavy atom. The summed E-state index contributed by atoms with van der Waals surface area (Å²) >= 11 is 0. The molecule has 3 nitrogen and oxygen atoms in total. The van der Waals surface area contributed by atoms with E-state index in [1.165, 1.54) is 0 Å². The van der Waals surface area contributed by atoms with Crippen LogP contribution in [0.1, 0.15) is 37.8 Å². The molecular weight excluding hydrogens is 226 g/mol. The van der Waals surface area contributed by atoms with Crippen molar-refractivity contribution in [2.75, 3.05) is 13.2 Å². The molecule has 98 valence electrons. The Hall–Kier alpha value is -1.35. The molecule has 0 saturated carbocycles. The van der Waals surface area contributed by atoms with Crippen LogP contribution in [-0.4, -0.2) is 29.1 Å². The van der Waals surface area contributed by atoms with E-state index in [0.717, 1.165) is 31.4 Å². The summed E-state index contributed by atoms with van der Waals surface area (Å²) < 4.78 is 0. The van der Waals surface area contributed by atoms with Crippen LogP contribution in [0.4, 0.5) is 0 Å². The first kappa shape index (κ1) is 13.1. The number of aliphatic hydroxyl groups excluding tert-OH is 1. The Labute approximate surface area is 108 Å². The van der Waals surface area contributed by atoms with Crippen LogP contribution >= 0.6 is 0 Å². The Kier molecular flexibility index (Phi) is 4.37. The molecule has 18 heavy (non-hydrogen) atoms. The minimum Gasteiger partial charge on any atom is -0.394 e. The number of carbonyl (C=O) groups is 1. The van der Waals surface area contributed by atoms with Gasteiger partial charge in [-0.1, -0.05) is 43.7 Å². The van der Waals surface area contributed by atoms with Crippen LogP contribution in [0, 0.1) is 5.92 Å². The number of aliphatic hydroxyl groups is 1. The number of likely N-dealkylation sites (tertiary alicyclic amines) is 1. The second-order valence-corrected chi connectivity index (χ2v) is 4.91. The van der Waals surface area contributed by atoms with Crippen LogP contribution in [0.25, 0.3) is 0 Å². The number of hydrogen-bond donors (Lipinski definition) is 1. The van der Waals surface area contributed by atoms with Crippen LogP contribution < -0.4 is 0 Å². The van der Waals surface area contributed by atoms with Crippen LogP contribution in [-0.2, 0) is 4.79 Å². The first-order valence-electron chi connectivity index (χ1n) is 6.74. The highest BCUT2D eigenvalue weighted by Gasteiger charge is 2.35. The van der Waals surface area contributed by atoms with Gasteiger partial charge >= 0.3 is 0 Å². The van der Waals surface area contributed by atoms with E-state index in [9.17, 15) is 9.90 Å². The lowest BCUT2D eigenvalue weighted by Crippen LogP contribution is -2.33. The molecule has 1 heterocycles. The van der Waals surface area contributed by atoms with Gasteiger partial charge in [0.05, 0.1) is 12.6 Å². The second-order valence-electron chi connectivity index (χ2n) is 4.91. The molecule has 1 aliphatic rings. The van der Waals surface area contributed by atoms with Crippen molar-refractivity contribution in [3.63, 3.8) is 0 Å². The first-order valence-corrected chi connectivity index (χ1v) is 6.74. The van der Waals surface area contributed by atoms with Crippen LogP contribution in [0.5, 0.6) is 0 Å². The van der Waals surface area contributed by atoms with E-state index in [2.05, 4.69) is 6.92 Å². The second kappa shape index (κ2) is 6.01. The Balaban J connectivity index is 2.13. The zero-order valence-corrected chi connectivity index (χ0v) is 10.9.